The third kappa shape index (κ3) is 2.11. The SMILES string of the molecule is Cn1cc(-n2c(CCCl)nc3c(Cl)cccc32)cn1. The van der Waals surface area contributed by atoms with Gasteiger partial charge in [0.15, 0.2) is 0 Å². The highest BCUT2D eigenvalue weighted by molar-refractivity contribution is 6.35. The molecule has 6 heteroatoms. The van der Waals surface area contributed by atoms with E-state index in [0.717, 1.165) is 22.5 Å². The third-order valence-corrected chi connectivity index (χ3v) is 3.47. The van der Waals surface area contributed by atoms with Gasteiger partial charge in [-0.25, -0.2) is 4.98 Å². The standard InChI is InChI=1S/C13H12Cl2N4/c1-18-8-9(7-16-18)19-11-4-2-3-10(15)13(11)17-12(19)5-6-14/h2-4,7-8H,5-6H2,1H3. The number of imidazole rings is 1. The number of nitrogens with zero attached hydrogens (tertiary/aromatic N) is 4. The minimum absolute atomic E-state index is 0.515. The summed E-state index contributed by atoms with van der Waals surface area (Å²) in [6, 6.07) is 5.76. The van der Waals surface area contributed by atoms with E-state index in [1.54, 1.807) is 10.9 Å². The van der Waals surface area contributed by atoms with Gasteiger partial charge in [-0.2, -0.15) is 5.10 Å². The Bertz CT molecular complexity index is 729. The molecule has 3 aromatic rings. The topological polar surface area (TPSA) is 35.6 Å². The Morgan fingerprint density at radius 3 is 2.84 bits per heavy atom. The van der Waals surface area contributed by atoms with Crippen molar-refractivity contribution in [1.29, 1.82) is 0 Å². The molecule has 2 aromatic heterocycles. The number of halogens is 2. The Balaban J connectivity index is 2.31. The number of hydrogen-bond donors (Lipinski definition) is 0. The van der Waals surface area contributed by atoms with E-state index in [1.165, 1.54) is 0 Å². The van der Waals surface area contributed by atoms with Gasteiger partial charge in [0.2, 0.25) is 0 Å². The van der Waals surface area contributed by atoms with Crippen LogP contribution in [-0.4, -0.2) is 25.2 Å². The molecule has 3 rings (SSSR count). The van der Waals surface area contributed by atoms with E-state index in [9.17, 15) is 0 Å². The van der Waals surface area contributed by atoms with E-state index in [-0.39, 0.29) is 0 Å². The molecule has 0 saturated heterocycles. The van der Waals surface area contributed by atoms with Crippen LogP contribution in [0.5, 0.6) is 0 Å². The monoisotopic (exact) mass is 294 g/mol. The zero-order chi connectivity index (χ0) is 13.4. The van der Waals surface area contributed by atoms with Gasteiger partial charge in [-0.1, -0.05) is 17.7 Å². The lowest BCUT2D eigenvalue weighted by molar-refractivity contribution is 0.767. The number of fused-ring (bicyclic) bond motifs is 1. The molecule has 0 fully saturated rings. The molecular weight excluding hydrogens is 283 g/mol. The molecule has 4 nitrogen and oxygen atoms in total. The molecule has 0 N–H and O–H groups in total. The average molecular weight is 295 g/mol. The van der Waals surface area contributed by atoms with Crippen molar-refractivity contribution in [1.82, 2.24) is 19.3 Å². The zero-order valence-electron chi connectivity index (χ0n) is 10.3. The Hall–Kier alpha value is -1.52. The van der Waals surface area contributed by atoms with Crippen molar-refractivity contribution >= 4 is 34.2 Å². The van der Waals surface area contributed by atoms with E-state index in [2.05, 4.69) is 14.6 Å². The zero-order valence-corrected chi connectivity index (χ0v) is 11.9. The average Bonchev–Trinajstić information content (AvgIpc) is 2.94. The van der Waals surface area contributed by atoms with E-state index < -0.39 is 0 Å². The Labute approximate surface area is 120 Å². The second kappa shape index (κ2) is 4.87. The second-order valence-electron chi connectivity index (χ2n) is 4.28. The van der Waals surface area contributed by atoms with Crippen LogP contribution in [0.25, 0.3) is 16.7 Å². The summed E-state index contributed by atoms with van der Waals surface area (Å²) in [5.41, 5.74) is 2.74. The fourth-order valence-electron chi connectivity index (χ4n) is 2.18. The van der Waals surface area contributed by atoms with Gasteiger partial charge in [-0.3, -0.25) is 9.25 Å². The smallest absolute Gasteiger partial charge is 0.115 e. The van der Waals surface area contributed by atoms with Crippen molar-refractivity contribution < 1.29 is 0 Å². The van der Waals surface area contributed by atoms with Crippen LogP contribution in [0.3, 0.4) is 0 Å². The Kier molecular flexibility index (Phi) is 3.21. The van der Waals surface area contributed by atoms with Crippen molar-refractivity contribution in [2.45, 2.75) is 6.42 Å². The minimum Gasteiger partial charge on any atom is -0.293 e. The summed E-state index contributed by atoms with van der Waals surface area (Å²) in [6.07, 6.45) is 4.43. The highest BCUT2D eigenvalue weighted by Crippen LogP contribution is 2.27. The van der Waals surface area contributed by atoms with Crippen LogP contribution in [0.2, 0.25) is 5.02 Å². The van der Waals surface area contributed by atoms with Gasteiger partial charge in [0, 0.05) is 25.5 Å². The molecule has 1 aromatic carbocycles. The molecule has 0 spiro atoms. The number of hydrogen-bond acceptors (Lipinski definition) is 2. The maximum atomic E-state index is 6.21. The largest absolute Gasteiger partial charge is 0.293 e. The second-order valence-corrected chi connectivity index (χ2v) is 5.07. The van der Waals surface area contributed by atoms with Crippen LogP contribution >= 0.6 is 23.2 Å². The molecule has 0 unspecified atom stereocenters. The molecule has 2 heterocycles. The number of aromatic nitrogens is 4. The Morgan fingerprint density at radius 2 is 2.16 bits per heavy atom. The van der Waals surface area contributed by atoms with Gasteiger partial charge >= 0.3 is 0 Å². The van der Waals surface area contributed by atoms with Gasteiger partial charge < -0.3 is 0 Å². The van der Waals surface area contributed by atoms with E-state index in [0.29, 0.717) is 17.3 Å². The summed E-state index contributed by atoms with van der Waals surface area (Å²) in [5.74, 6) is 1.41. The quantitative estimate of drug-likeness (QED) is 0.696. The highest BCUT2D eigenvalue weighted by atomic mass is 35.5. The molecule has 0 bridgehead atoms. The van der Waals surface area contributed by atoms with Crippen LogP contribution < -0.4 is 0 Å². The van der Waals surface area contributed by atoms with Crippen LogP contribution in [-0.2, 0) is 13.5 Å². The van der Waals surface area contributed by atoms with Gasteiger partial charge in [0.25, 0.3) is 0 Å². The van der Waals surface area contributed by atoms with Crippen molar-refractivity contribution in [3.63, 3.8) is 0 Å². The van der Waals surface area contributed by atoms with Gasteiger partial charge in [-0.15, -0.1) is 11.6 Å². The lowest BCUT2D eigenvalue weighted by Gasteiger charge is -2.04. The molecule has 0 saturated carbocycles. The maximum Gasteiger partial charge on any atom is 0.115 e. The molecule has 0 atom stereocenters. The first kappa shape index (κ1) is 12.5. The summed E-state index contributed by atoms with van der Waals surface area (Å²) in [7, 11) is 1.89. The molecule has 0 aliphatic carbocycles. The molecule has 0 amide bonds. The van der Waals surface area contributed by atoms with Crippen molar-refractivity contribution in [3.8, 4) is 5.69 Å². The lowest BCUT2D eigenvalue weighted by Crippen LogP contribution is -2.01. The fraction of sp³-hybridized carbons (Fsp3) is 0.231. The van der Waals surface area contributed by atoms with Crippen LogP contribution in [0.4, 0.5) is 0 Å². The molecule has 0 radical (unpaired) electrons. The van der Waals surface area contributed by atoms with Crippen molar-refractivity contribution in [2.75, 3.05) is 5.88 Å². The number of alkyl halides is 1. The predicted molar refractivity (Wildman–Crippen MR) is 77.3 cm³/mol. The highest BCUT2D eigenvalue weighted by Gasteiger charge is 2.14. The van der Waals surface area contributed by atoms with Crippen molar-refractivity contribution in [2.24, 2.45) is 7.05 Å². The molecule has 98 valence electrons. The van der Waals surface area contributed by atoms with Crippen LogP contribution in [0.1, 0.15) is 5.82 Å². The fourth-order valence-corrected chi connectivity index (χ4v) is 2.56. The summed E-state index contributed by atoms with van der Waals surface area (Å²) in [4.78, 5) is 4.60. The lowest BCUT2D eigenvalue weighted by atomic mass is 10.3. The summed E-state index contributed by atoms with van der Waals surface area (Å²) < 4.78 is 3.81. The van der Waals surface area contributed by atoms with Crippen LogP contribution in [0.15, 0.2) is 30.6 Å². The van der Waals surface area contributed by atoms with Crippen molar-refractivity contribution in [3.05, 3.63) is 41.4 Å². The third-order valence-electron chi connectivity index (χ3n) is 2.97. The normalized spacial score (nSPS) is 11.3. The first-order chi connectivity index (χ1) is 9.20. The molecule has 0 aliphatic rings. The summed E-state index contributed by atoms with van der Waals surface area (Å²) >= 11 is 12.1. The number of para-hydroxylation sites is 1. The number of rotatable bonds is 3. The summed E-state index contributed by atoms with van der Waals surface area (Å²) in [6.45, 7) is 0. The summed E-state index contributed by atoms with van der Waals surface area (Å²) in [5, 5.41) is 4.85. The van der Waals surface area contributed by atoms with Gasteiger partial charge in [0.05, 0.1) is 22.4 Å². The van der Waals surface area contributed by atoms with Gasteiger partial charge in [0.1, 0.15) is 11.3 Å². The number of benzene rings is 1. The van der Waals surface area contributed by atoms with E-state index in [1.807, 2.05) is 31.4 Å². The Morgan fingerprint density at radius 1 is 1.32 bits per heavy atom. The predicted octanol–water partition coefficient (Wildman–Crippen LogP) is 3.19. The van der Waals surface area contributed by atoms with Gasteiger partial charge in [-0.05, 0) is 12.1 Å². The van der Waals surface area contributed by atoms with Crippen LogP contribution in [0, 0.1) is 0 Å². The molecule has 0 aliphatic heterocycles. The molecule has 19 heavy (non-hydrogen) atoms. The first-order valence-corrected chi connectivity index (χ1v) is 6.83. The van der Waals surface area contributed by atoms with E-state index >= 15 is 0 Å². The molecular formula is C13H12Cl2N4. The first-order valence-electron chi connectivity index (χ1n) is 5.91. The number of aryl methyl sites for hydroxylation is 2. The maximum absolute atomic E-state index is 6.21. The van der Waals surface area contributed by atoms with E-state index in [4.69, 9.17) is 23.2 Å². The minimum atomic E-state index is 0.515.